The highest BCUT2D eigenvalue weighted by molar-refractivity contribution is 6.30. The lowest BCUT2D eigenvalue weighted by Crippen LogP contribution is -2.37. The number of rotatable bonds is 4. The van der Waals surface area contributed by atoms with Crippen LogP contribution in [-0.4, -0.2) is 38.7 Å². The number of nitrogens with zero attached hydrogens (tertiary/aromatic N) is 3. The summed E-state index contributed by atoms with van der Waals surface area (Å²) in [6.07, 6.45) is 4.92. The standard InChI is InChI=1S/C22H21ClN4O2/c23-18-9-6-16(7-10-18)8-11-20(28)26-14-12-17(13-15-26)21-24-25-22(29)27(21)19-4-2-1-3-5-19/h1-11,17H,12-15H2,(H,25,29)/b11-8+. The lowest BCUT2D eigenvalue weighted by atomic mass is 9.95. The number of aromatic nitrogens is 3. The molecule has 0 aliphatic carbocycles. The maximum absolute atomic E-state index is 12.5. The minimum Gasteiger partial charge on any atom is -0.339 e. The van der Waals surface area contributed by atoms with E-state index in [9.17, 15) is 9.59 Å². The van der Waals surface area contributed by atoms with Crippen LogP contribution in [0.15, 0.2) is 65.5 Å². The lowest BCUT2D eigenvalue weighted by Gasteiger charge is -2.30. The monoisotopic (exact) mass is 408 g/mol. The van der Waals surface area contributed by atoms with Crippen molar-refractivity contribution in [3.05, 3.63) is 87.6 Å². The Hall–Kier alpha value is -3.12. The van der Waals surface area contributed by atoms with Crippen molar-refractivity contribution in [3.8, 4) is 5.69 Å². The molecule has 1 N–H and O–H groups in total. The van der Waals surface area contributed by atoms with Crippen LogP contribution in [0.4, 0.5) is 0 Å². The molecule has 0 unspecified atom stereocenters. The zero-order valence-electron chi connectivity index (χ0n) is 15.8. The second-order valence-corrected chi connectivity index (χ2v) is 7.48. The molecule has 1 amide bonds. The molecular formula is C22H21ClN4O2. The second-order valence-electron chi connectivity index (χ2n) is 7.04. The van der Waals surface area contributed by atoms with Crippen molar-refractivity contribution in [3.63, 3.8) is 0 Å². The Bertz CT molecular complexity index is 1060. The van der Waals surface area contributed by atoms with Crippen LogP contribution in [0, 0.1) is 0 Å². The van der Waals surface area contributed by atoms with Gasteiger partial charge in [0.1, 0.15) is 5.82 Å². The quantitative estimate of drug-likeness (QED) is 0.670. The van der Waals surface area contributed by atoms with E-state index in [4.69, 9.17) is 11.6 Å². The number of H-pyrrole nitrogens is 1. The molecule has 0 atom stereocenters. The van der Waals surface area contributed by atoms with E-state index in [-0.39, 0.29) is 17.5 Å². The van der Waals surface area contributed by atoms with Crippen LogP contribution in [0.2, 0.25) is 5.02 Å². The van der Waals surface area contributed by atoms with Crippen LogP contribution >= 0.6 is 11.6 Å². The summed E-state index contributed by atoms with van der Waals surface area (Å²) in [7, 11) is 0. The average Bonchev–Trinajstić information content (AvgIpc) is 3.15. The van der Waals surface area contributed by atoms with E-state index in [1.54, 1.807) is 28.9 Å². The van der Waals surface area contributed by atoms with Gasteiger partial charge in [0.25, 0.3) is 0 Å². The van der Waals surface area contributed by atoms with E-state index in [0.717, 1.165) is 29.9 Å². The number of para-hydroxylation sites is 1. The molecule has 4 rings (SSSR count). The summed E-state index contributed by atoms with van der Waals surface area (Å²) >= 11 is 5.88. The van der Waals surface area contributed by atoms with Gasteiger partial charge in [0.05, 0.1) is 5.69 Å². The highest BCUT2D eigenvalue weighted by Gasteiger charge is 2.27. The SMILES string of the molecule is O=C(/C=C/c1ccc(Cl)cc1)N1CCC(c2n[nH]c(=O)n2-c2ccccc2)CC1. The zero-order chi connectivity index (χ0) is 20.2. The minimum absolute atomic E-state index is 0.0131. The molecule has 0 spiro atoms. The molecule has 0 saturated carbocycles. The van der Waals surface area contributed by atoms with Gasteiger partial charge in [-0.1, -0.05) is 41.9 Å². The second kappa shape index (κ2) is 8.49. The van der Waals surface area contributed by atoms with Gasteiger partial charge in [-0.3, -0.25) is 4.79 Å². The highest BCUT2D eigenvalue weighted by atomic mass is 35.5. The van der Waals surface area contributed by atoms with Gasteiger partial charge in [0.2, 0.25) is 5.91 Å². The third kappa shape index (κ3) is 4.32. The van der Waals surface area contributed by atoms with Gasteiger partial charge in [-0.2, -0.15) is 5.10 Å². The first-order chi connectivity index (χ1) is 14.1. The van der Waals surface area contributed by atoms with Crippen molar-refractivity contribution in [2.45, 2.75) is 18.8 Å². The Labute approximate surface area is 173 Å². The molecule has 1 saturated heterocycles. The Morgan fingerprint density at radius 2 is 1.76 bits per heavy atom. The molecule has 2 aromatic carbocycles. The zero-order valence-corrected chi connectivity index (χ0v) is 16.5. The van der Waals surface area contributed by atoms with Crippen molar-refractivity contribution < 1.29 is 4.79 Å². The summed E-state index contributed by atoms with van der Waals surface area (Å²) in [6.45, 7) is 1.26. The number of carbonyl (C=O) groups is 1. The summed E-state index contributed by atoms with van der Waals surface area (Å²) in [4.78, 5) is 26.6. The van der Waals surface area contributed by atoms with Crippen LogP contribution in [0.5, 0.6) is 0 Å². The van der Waals surface area contributed by atoms with Crippen LogP contribution < -0.4 is 5.69 Å². The molecule has 1 aliphatic heterocycles. The molecule has 6 nitrogen and oxygen atoms in total. The predicted molar refractivity (Wildman–Crippen MR) is 113 cm³/mol. The number of carbonyl (C=O) groups excluding carboxylic acids is 1. The third-order valence-electron chi connectivity index (χ3n) is 5.17. The van der Waals surface area contributed by atoms with Gasteiger partial charge >= 0.3 is 5.69 Å². The number of hydrogen-bond acceptors (Lipinski definition) is 3. The maximum atomic E-state index is 12.5. The number of nitrogens with one attached hydrogen (secondary N) is 1. The van der Waals surface area contributed by atoms with Gasteiger partial charge in [0, 0.05) is 30.1 Å². The van der Waals surface area contributed by atoms with Crippen molar-refractivity contribution in [2.75, 3.05) is 13.1 Å². The molecule has 148 valence electrons. The highest BCUT2D eigenvalue weighted by Crippen LogP contribution is 2.27. The first kappa shape index (κ1) is 19.2. The van der Waals surface area contributed by atoms with E-state index >= 15 is 0 Å². The largest absolute Gasteiger partial charge is 0.347 e. The van der Waals surface area contributed by atoms with Gasteiger partial charge in [-0.15, -0.1) is 0 Å². The summed E-state index contributed by atoms with van der Waals surface area (Å²) in [5, 5.41) is 7.50. The van der Waals surface area contributed by atoms with Crippen molar-refractivity contribution >= 4 is 23.6 Å². The van der Waals surface area contributed by atoms with Crippen LogP contribution in [0.25, 0.3) is 11.8 Å². The molecule has 3 aromatic rings. The summed E-state index contributed by atoms with van der Waals surface area (Å²) < 4.78 is 1.63. The molecular weight excluding hydrogens is 388 g/mol. The topological polar surface area (TPSA) is 71.0 Å². The van der Waals surface area contributed by atoms with E-state index in [2.05, 4.69) is 10.2 Å². The van der Waals surface area contributed by atoms with Crippen LogP contribution in [-0.2, 0) is 4.79 Å². The molecule has 29 heavy (non-hydrogen) atoms. The summed E-state index contributed by atoms with van der Waals surface area (Å²) in [5.74, 6) is 0.837. The van der Waals surface area contributed by atoms with Crippen molar-refractivity contribution in [1.82, 2.24) is 19.7 Å². The van der Waals surface area contributed by atoms with Gasteiger partial charge in [0.15, 0.2) is 0 Å². The van der Waals surface area contributed by atoms with E-state index in [1.807, 2.05) is 47.4 Å². The summed E-state index contributed by atoms with van der Waals surface area (Å²) in [6, 6.07) is 16.8. The van der Waals surface area contributed by atoms with Crippen LogP contribution in [0.1, 0.15) is 30.1 Å². The molecule has 1 fully saturated rings. The number of aromatic amines is 1. The van der Waals surface area contributed by atoms with E-state index in [0.29, 0.717) is 18.1 Å². The van der Waals surface area contributed by atoms with Crippen molar-refractivity contribution in [2.24, 2.45) is 0 Å². The predicted octanol–water partition coefficient (Wildman–Crippen LogP) is 3.63. The fraction of sp³-hybridized carbons (Fsp3) is 0.227. The van der Waals surface area contributed by atoms with Crippen LogP contribution in [0.3, 0.4) is 0 Å². The van der Waals surface area contributed by atoms with Gasteiger partial charge in [-0.25, -0.2) is 14.5 Å². The lowest BCUT2D eigenvalue weighted by molar-refractivity contribution is -0.127. The number of hydrogen-bond donors (Lipinski definition) is 1. The Balaban J connectivity index is 1.42. The normalized spacial score (nSPS) is 15.1. The number of halogens is 1. The van der Waals surface area contributed by atoms with E-state index in [1.165, 1.54) is 0 Å². The minimum atomic E-state index is -0.240. The fourth-order valence-electron chi connectivity index (χ4n) is 3.61. The van der Waals surface area contributed by atoms with Crippen molar-refractivity contribution in [1.29, 1.82) is 0 Å². The Morgan fingerprint density at radius 3 is 2.45 bits per heavy atom. The number of benzene rings is 2. The first-order valence-electron chi connectivity index (χ1n) is 9.57. The smallest absolute Gasteiger partial charge is 0.339 e. The van der Waals surface area contributed by atoms with Gasteiger partial charge in [-0.05, 0) is 48.7 Å². The third-order valence-corrected chi connectivity index (χ3v) is 5.42. The van der Waals surface area contributed by atoms with Gasteiger partial charge < -0.3 is 4.90 Å². The fourth-order valence-corrected chi connectivity index (χ4v) is 3.74. The average molecular weight is 409 g/mol. The van der Waals surface area contributed by atoms with E-state index < -0.39 is 0 Å². The molecule has 2 heterocycles. The number of likely N-dealkylation sites (tertiary alicyclic amines) is 1. The first-order valence-corrected chi connectivity index (χ1v) is 9.95. The molecule has 7 heteroatoms. The molecule has 1 aromatic heterocycles. The molecule has 0 bridgehead atoms. The maximum Gasteiger partial charge on any atom is 0.347 e. The molecule has 0 radical (unpaired) electrons. The summed E-state index contributed by atoms with van der Waals surface area (Å²) in [5.41, 5.74) is 1.49. The Kier molecular flexibility index (Phi) is 5.62. The Morgan fingerprint density at radius 1 is 1.07 bits per heavy atom. The number of amides is 1. The number of piperidine rings is 1. The molecule has 1 aliphatic rings.